The molecule has 1 N–H and O–H groups in total. The number of aryl methyl sites for hydroxylation is 2. The molecule has 6 nitrogen and oxygen atoms in total. The van der Waals surface area contributed by atoms with Crippen LogP contribution in [0, 0.1) is 6.92 Å². The fraction of sp³-hybridized carbons (Fsp3) is 0.333. The van der Waals surface area contributed by atoms with Crippen molar-refractivity contribution in [2.75, 3.05) is 4.90 Å². The number of aromatic nitrogens is 2. The smallest absolute Gasteiger partial charge is 0.280 e. The van der Waals surface area contributed by atoms with E-state index in [4.69, 9.17) is 0 Å². The molecule has 1 heterocycles. The number of hydrogen-bond donors (Lipinski definition) is 1. The van der Waals surface area contributed by atoms with Crippen LogP contribution in [0.15, 0.2) is 53.9 Å². The Labute approximate surface area is 187 Å². The normalized spacial score (nSPS) is 12.3. The summed E-state index contributed by atoms with van der Waals surface area (Å²) >= 11 is 1.11. The molecule has 0 saturated heterocycles. The van der Waals surface area contributed by atoms with Crippen LogP contribution in [-0.4, -0.2) is 26.9 Å². The van der Waals surface area contributed by atoms with Gasteiger partial charge >= 0.3 is 0 Å². The molecule has 2 aromatic carbocycles. The Morgan fingerprint density at radius 1 is 1.10 bits per heavy atom. The lowest BCUT2D eigenvalue weighted by Crippen LogP contribution is -2.49. The van der Waals surface area contributed by atoms with Crippen LogP contribution in [0.3, 0.4) is 0 Å². The SMILES string of the molecule is CCc1ccc([C@H](C(=O)NC(C)(C)C)N(C(=O)c2csnn2)c2ccccc2C)cc1. The van der Waals surface area contributed by atoms with Gasteiger partial charge in [-0.15, -0.1) is 5.10 Å². The topological polar surface area (TPSA) is 75.2 Å². The Balaban J connectivity index is 2.19. The second-order valence-electron chi connectivity index (χ2n) is 8.49. The first kappa shape index (κ1) is 22.6. The summed E-state index contributed by atoms with van der Waals surface area (Å²) in [6, 6.07) is 14.5. The summed E-state index contributed by atoms with van der Waals surface area (Å²) in [4.78, 5) is 28.7. The van der Waals surface area contributed by atoms with Gasteiger partial charge in [-0.2, -0.15) is 0 Å². The number of carbonyl (C=O) groups is 2. The fourth-order valence-electron chi connectivity index (χ4n) is 3.37. The number of anilines is 1. The zero-order valence-corrected chi connectivity index (χ0v) is 19.4. The highest BCUT2D eigenvalue weighted by atomic mass is 32.1. The zero-order valence-electron chi connectivity index (χ0n) is 18.5. The van der Waals surface area contributed by atoms with Crippen molar-refractivity contribution in [3.8, 4) is 0 Å². The Bertz CT molecular complexity index is 1040. The van der Waals surface area contributed by atoms with E-state index in [1.165, 1.54) is 4.90 Å². The molecule has 0 fully saturated rings. The first-order valence-electron chi connectivity index (χ1n) is 10.3. The minimum atomic E-state index is -0.861. The Morgan fingerprint density at radius 3 is 2.32 bits per heavy atom. The van der Waals surface area contributed by atoms with Gasteiger partial charge in [-0.05, 0) is 68.4 Å². The van der Waals surface area contributed by atoms with E-state index in [-0.39, 0.29) is 17.5 Å². The Kier molecular flexibility index (Phi) is 6.85. The van der Waals surface area contributed by atoms with Crippen LogP contribution in [0.25, 0.3) is 0 Å². The number of benzene rings is 2. The minimum absolute atomic E-state index is 0.215. The van der Waals surface area contributed by atoms with E-state index in [1.807, 2.05) is 76.2 Å². The van der Waals surface area contributed by atoms with Crippen LogP contribution in [0.5, 0.6) is 0 Å². The van der Waals surface area contributed by atoms with Gasteiger partial charge in [0.15, 0.2) is 5.69 Å². The maximum absolute atomic E-state index is 13.6. The molecule has 0 aliphatic rings. The molecule has 162 valence electrons. The molecule has 0 bridgehead atoms. The Hall–Kier alpha value is -3.06. The van der Waals surface area contributed by atoms with Crippen molar-refractivity contribution in [1.82, 2.24) is 14.9 Å². The van der Waals surface area contributed by atoms with Gasteiger partial charge in [0.05, 0.1) is 0 Å². The lowest BCUT2D eigenvalue weighted by molar-refractivity contribution is -0.123. The van der Waals surface area contributed by atoms with Gasteiger partial charge in [0, 0.05) is 16.6 Å². The molecule has 0 radical (unpaired) electrons. The monoisotopic (exact) mass is 436 g/mol. The number of hydrogen-bond acceptors (Lipinski definition) is 5. The molecule has 31 heavy (non-hydrogen) atoms. The third-order valence-corrected chi connectivity index (χ3v) is 5.39. The maximum atomic E-state index is 13.6. The summed E-state index contributed by atoms with van der Waals surface area (Å²) < 4.78 is 3.84. The number of nitrogens with one attached hydrogen (secondary N) is 1. The molecule has 7 heteroatoms. The average molecular weight is 437 g/mol. The molecule has 2 amide bonds. The lowest BCUT2D eigenvalue weighted by atomic mass is 9.98. The van der Waals surface area contributed by atoms with Crippen molar-refractivity contribution in [3.63, 3.8) is 0 Å². The molecule has 3 aromatic rings. The summed E-state index contributed by atoms with van der Waals surface area (Å²) in [5, 5.41) is 8.63. The summed E-state index contributed by atoms with van der Waals surface area (Å²) in [6.45, 7) is 9.77. The second-order valence-corrected chi connectivity index (χ2v) is 9.10. The molecule has 0 spiro atoms. The number of para-hydroxylation sites is 1. The third kappa shape index (κ3) is 5.35. The van der Waals surface area contributed by atoms with Crippen LogP contribution in [0.2, 0.25) is 0 Å². The molecule has 3 rings (SSSR count). The van der Waals surface area contributed by atoms with E-state index in [2.05, 4.69) is 21.8 Å². The fourth-order valence-corrected chi connectivity index (χ4v) is 3.80. The van der Waals surface area contributed by atoms with Crippen molar-refractivity contribution in [1.29, 1.82) is 0 Å². The van der Waals surface area contributed by atoms with Gasteiger partial charge in [-0.25, -0.2) is 0 Å². The molecule has 1 aromatic heterocycles. The van der Waals surface area contributed by atoms with Gasteiger partial charge in [0.25, 0.3) is 5.91 Å². The van der Waals surface area contributed by atoms with Crippen LogP contribution in [0.4, 0.5) is 5.69 Å². The highest BCUT2D eigenvalue weighted by Crippen LogP contribution is 2.32. The van der Waals surface area contributed by atoms with Gasteiger partial charge in [-0.1, -0.05) is 53.9 Å². The third-order valence-electron chi connectivity index (χ3n) is 4.88. The van der Waals surface area contributed by atoms with Crippen LogP contribution in [0.1, 0.15) is 60.9 Å². The molecule has 0 aliphatic heterocycles. The van der Waals surface area contributed by atoms with Gasteiger partial charge in [0.1, 0.15) is 6.04 Å². The molecule has 0 aliphatic carbocycles. The van der Waals surface area contributed by atoms with E-state index >= 15 is 0 Å². The predicted molar refractivity (Wildman–Crippen MR) is 124 cm³/mol. The van der Waals surface area contributed by atoms with E-state index in [0.717, 1.165) is 34.6 Å². The van der Waals surface area contributed by atoms with Gasteiger partial charge < -0.3 is 5.32 Å². The number of nitrogens with zero attached hydrogens (tertiary/aromatic N) is 3. The standard InChI is InChI=1S/C24H28N4O2S/c1-6-17-11-13-18(14-12-17)21(22(29)25-24(3,4)5)28(20-10-8-7-9-16(20)2)23(30)19-15-31-27-26-19/h7-15,21H,6H2,1-5H3,(H,25,29)/t21-/m1/s1. The van der Waals surface area contributed by atoms with Crippen molar-refractivity contribution in [2.24, 2.45) is 0 Å². The van der Waals surface area contributed by atoms with Crippen LogP contribution < -0.4 is 10.2 Å². The van der Waals surface area contributed by atoms with Gasteiger partial charge in [-0.3, -0.25) is 14.5 Å². The summed E-state index contributed by atoms with van der Waals surface area (Å²) in [5.41, 5.74) is 3.20. The first-order chi connectivity index (χ1) is 14.7. The highest BCUT2D eigenvalue weighted by Gasteiger charge is 2.36. The lowest BCUT2D eigenvalue weighted by Gasteiger charge is -2.34. The minimum Gasteiger partial charge on any atom is -0.349 e. The van der Waals surface area contributed by atoms with Crippen molar-refractivity contribution >= 4 is 29.0 Å². The van der Waals surface area contributed by atoms with Crippen molar-refractivity contribution in [3.05, 3.63) is 76.3 Å². The first-order valence-corrected chi connectivity index (χ1v) is 11.1. The van der Waals surface area contributed by atoms with Crippen molar-refractivity contribution < 1.29 is 9.59 Å². The maximum Gasteiger partial charge on any atom is 0.280 e. The summed E-state index contributed by atoms with van der Waals surface area (Å²) in [6.07, 6.45) is 0.893. The van der Waals surface area contributed by atoms with E-state index in [1.54, 1.807) is 5.38 Å². The number of amides is 2. The molecule has 0 saturated carbocycles. The zero-order chi connectivity index (χ0) is 22.6. The average Bonchev–Trinajstić information content (AvgIpc) is 3.26. The second kappa shape index (κ2) is 9.39. The van der Waals surface area contributed by atoms with Gasteiger partial charge in [0.2, 0.25) is 5.91 Å². The van der Waals surface area contributed by atoms with E-state index in [9.17, 15) is 9.59 Å². The van der Waals surface area contributed by atoms with Crippen molar-refractivity contribution in [2.45, 2.75) is 52.6 Å². The predicted octanol–water partition coefficient (Wildman–Crippen LogP) is 4.71. The van der Waals surface area contributed by atoms with E-state index in [0.29, 0.717) is 5.69 Å². The molecular weight excluding hydrogens is 408 g/mol. The van der Waals surface area contributed by atoms with E-state index < -0.39 is 11.6 Å². The van der Waals surface area contributed by atoms with Crippen LogP contribution in [-0.2, 0) is 11.2 Å². The summed E-state index contributed by atoms with van der Waals surface area (Å²) in [5.74, 6) is -0.617. The number of carbonyl (C=O) groups excluding carboxylic acids is 2. The highest BCUT2D eigenvalue weighted by molar-refractivity contribution is 7.03. The molecule has 1 atom stereocenters. The van der Waals surface area contributed by atoms with Crippen LogP contribution >= 0.6 is 11.5 Å². The quantitative estimate of drug-likeness (QED) is 0.607. The molecule has 0 unspecified atom stereocenters. The molecular formula is C24H28N4O2S. The number of rotatable bonds is 6. The summed E-state index contributed by atoms with van der Waals surface area (Å²) in [7, 11) is 0. The largest absolute Gasteiger partial charge is 0.349 e. The Morgan fingerprint density at radius 2 is 1.77 bits per heavy atom.